The molecule has 2 fully saturated rings. The zero-order chi connectivity index (χ0) is 13.3. The first kappa shape index (κ1) is 13.9. The molecule has 2 aliphatic rings. The van der Waals surface area contributed by atoms with Gasteiger partial charge in [0.1, 0.15) is 5.54 Å². The van der Waals surface area contributed by atoms with Gasteiger partial charge in [0.15, 0.2) is 0 Å². The SMILES string of the molecule is CCN(C1CCCC(C2CC2)C1)C(C)(C)C(=O)O. The molecule has 0 spiro atoms. The van der Waals surface area contributed by atoms with Gasteiger partial charge in [-0.05, 0) is 57.9 Å². The quantitative estimate of drug-likeness (QED) is 0.818. The number of rotatable bonds is 5. The summed E-state index contributed by atoms with van der Waals surface area (Å²) < 4.78 is 0. The van der Waals surface area contributed by atoms with Crippen LogP contribution in [0.1, 0.15) is 59.3 Å². The second-order valence-electron chi connectivity index (χ2n) is 6.57. The van der Waals surface area contributed by atoms with E-state index in [2.05, 4.69) is 11.8 Å². The Kier molecular flexibility index (Phi) is 4.00. The van der Waals surface area contributed by atoms with Crippen molar-refractivity contribution >= 4 is 5.97 Å². The lowest BCUT2D eigenvalue weighted by atomic mass is 9.80. The Hall–Kier alpha value is -0.570. The summed E-state index contributed by atoms with van der Waals surface area (Å²) in [7, 11) is 0. The number of nitrogens with zero attached hydrogens (tertiary/aromatic N) is 1. The fraction of sp³-hybridized carbons (Fsp3) is 0.933. The molecule has 2 atom stereocenters. The maximum absolute atomic E-state index is 11.5. The predicted octanol–water partition coefficient (Wildman–Crippen LogP) is 3.14. The van der Waals surface area contributed by atoms with Crippen LogP contribution in [0.2, 0.25) is 0 Å². The van der Waals surface area contributed by atoms with Crippen LogP contribution in [0.3, 0.4) is 0 Å². The van der Waals surface area contributed by atoms with Gasteiger partial charge in [0.25, 0.3) is 0 Å². The number of aliphatic carboxylic acids is 1. The standard InChI is InChI=1S/C15H27NO2/c1-4-16(15(2,3)14(17)18)13-7-5-6-12(10-13)11-8-9-11/h11-13H,4-10H2,1-3H3,(H,17,18). The Balaban J connectivity index is 2.04. The normalized spacial score (nSPS) is 29.6. The molecule has 0 amide bonds. The van der Waals surface area contributed by atoms with E-state index in [0.717, 1.165) is 18.4 Å². The summed E-state index contributed by atoms with van der Waals surface area (Å²) in [6.07, 6.45) is 7.85. The largest absolute Gasteiger partial charge is 0.480 e. The monoisotopic (exact) mass is 253 g/mol. The lowest BCUT2D eigenvalue weighted by Gasteiger charge is -2.44. The van der Waals surface area contributed by atoms with Crippen LogP contribution in [0.4, 0.5) is 0 Å². The summed E-state index contributed by atoms with van der Waals surface area (Å²) in [6.45, 7) is 6.62. The number of hydrogen-bond acceptors (Lipinski definition) is 2. The van der Waals surface area contributed by atoms with Crippen molar-refractivity contribution < 1.29 is 9.90 Å². The van der Waals surface area contributed by atoms with Crippen LogP contribution in [-0.4, -0.2) is 34.1 Å². The number of carbonyl (C=O) groups is 1. The Bertz CT molecular complexity index is 310. The average molecular weight is 253 g/mol. The third-order valence-corrected chi connectivity index (χ3v) is 5.00. The van der Waals surface area contributed by atoms with Gasteiger partial charge in [-0.25, -0.2) is 0 Å². The lowest BCUT2D eigenvalue weighted by molar-refractivity contribution is -0.151. The van der Waals surface area contributed by atoms with E-state index in [1.54, 1.807) is 0 Å². The molecule has 2 unspecified atom stereocenters. The molecule has 2 rings (SSSR count). The summed E-state index contributed by atoms with van der Waals surface area (Å²) in [4.78, 5) is 13.7. The van der Waals surface area contributed by atoms with Crippen LogP contribution in [0, 0.1) is 11.8 Å². The Morgan fingerprint density at radius 2 is 1.89 bits per heavy atom. The van der Waals surface area contributed by atoms with E-state index >= 15 is 0 Å². The highest BCUT2D eigenvalue weighted by atomic mass is 16.4. The fourth-order valence-corrected chi connectivity index (χ4v) is 3.71. The summed E-state index contributed by atoms with van der Waals surface area (Å²) in [5.41, 5.74) is -0.731. The molecule has 0 aromatic rings. The van der Waals surface area contributed by atoms with Crippen LogP contribution in [0.15, 0.2) is 0 Å². The van der Waals surface area contributed by atoms with Crippen molar-refractivity contribution in [3.8, 4) is 0 Å². The summed E-state index contributed by atoms with van der Waals surface area (Å²) in [5.74, 6) is 1.12. The van der Waals surface area contributed by atoms with Gasteiger partial charge in [-0.2, -0.15) is 0 Å². The topological polar surface area (TPSA) is 40.5 Å². The van der Waals surface area contributed by atoms with E-state index < -0.39 is 11.5 Å². The average Bonchev–Trinajstić information content (AvgIpc) is 3.13. The smallest absolute Gasteiger partial charge is 0.323 e. The van der Waals surface area contributed by atoms with Crippen molar-refractivity contribution in [3.05, 3.63) is 0 Å². The highest BCUT2D eigenvalue weighted by Crippen LogP contribution is 2.45. The van der Waals surface area contributed by atoms with Gasteiger partial charge in [0, 0.05) is 6.04 Å². The molecule has 0 aliphatic heterocycles. The molecule has 1 N–H and O–H groups in total. The summed E-state index contributed by atoms with van der Waals surface area (Å²) >= 11 is 0. The number of likely N-dealkylation sites (N-methyl/N-ethyl adjacent to an activating group) is 1. The molecule has 18 heavy (non-hydrogen) atoms. The van der Waals surface area contributed by atoms with Gasteiger partial charge in [0.2, 0.25) is 0 Å². The molecule has 2 aliphatic carbocycles. The third kappa shape index (κ3) is 2.71. The zero-order valence-electron chi connectivity index (χ0n) is 12.0. The van der Waals surface area contributed by atoms with Gasteiger partial charge < -0.3 is 5.11 Å². The van der Waals surface area contributed by atoms with Gasteiger partial charge in [-0.1, -0.05) is 19.8 Å². The first-order valence-electron chi connectivity index (χ1n) is 7.47. The summed E-state index contributed by atoms with van der Waals surface area (Å²) in [5, 5.41) is 9.42. The highest BCUT2D eigenvalue weighted by molar-refractivity contribution is 5.77. The van der Waals surface area contributed by atoms with Crippen molar-refractivity contribution in [3.63, 3.8) is 0 Å². The second kappa shape index (κ2) is 5.20. The van der Waals surface area contributed by atoms with E-state index in [1.807, 2.05) is 13.8 Å². The van der Waals surface area contributed by atoms with Gasteiger partial charge in [-0.15, -0.1) is 0 Å². The number of carboxylic acid groups (broad SMARTS) is 1. The van der Waals surface area contributed by atoms with E-state index in [9.17, 15) is 9.90 Å². The first-order valence-corrected chi connectivity index (χ1v) is 7.47. The zero-order valence-corrected chi connectivity index (χ0v) is 12.0. The lowest BCUT2D eigenvalue weighted by Crippen LogP contribution is -2.55. The minimum Gasteiger partial charge on any atom is -0.480 e. The van der Waals surface area contributed by atoms with Crippen molar-refractivity contribution in [1.29, 1.82) is 0 Å². The molecule has 104 valence electrons. The molecule has 0 bridgehead atoms. The molecule has 0 radical (unpaired) electrons. The van der Waals surface area contributed by atoms with Crippen molar-refractivity contribution in [2.75, 3.05) is 6.54 Å². The maximum atomic E-state index is 11.5. The third-order valence-electron chi connectivity index (χ3n) is 5.00. The van der Waals surface area contributed by atoms with E-state index in [0.29, 0.717) is 6.04 Å². The number of carboxylic acids is 1. The highest BCUT2D eigenvalue weighted by Gasteiger charge is 2.42. The van der Waals surface area contributed by atoms with Crippen LogP contribution in [0.5, 0.6) is 0 Å². The second-order valence-corrected chi connectivity index (χ2v) is 6.57. The Morgan fingerprint density at radius 3 is 2.39 bits per heavy atom. The molecular weight excluding hydrogens is 226 g/mol. The van der Waals surface area contributed by atoms with Crippen molar-refractivity contribution in [1.82, 2.24) is 4.90 Å². The summed E-state index contributed by atoms with van der Waals surface area (Å²) in [6, 6.07) is 0.473. The maximum Gasteiger partial charge on any atom is 0.323 e. The fourth-order valence-electron chi connectivity index (χ4n) is 3.71. The minimum atomic E-state index is -0.731. The molecule has 0 heterocycles. The molecule has 0 saturated heterocycles. The molecule has 3 heteroatoms. The minimum absolute atomic E-state index is 0.473. The van der Waals surface area contributed by atoms with E-state index in [-0.39, 0.29) is 0 Å². The van der Waals surface area contributed by atoms with Crippen LogP contribution in [0.25, 0.3) is 0 Å². The van der Waals surface area contributed by atoms with Gasteiger partial charge in [0.05, 0.1) is 0 Å². The van der Waals surface area contributed by atoms with Gasteiger partial charge in [-0.3, -0.25) is 9.69 Å². The molecule has 0 aromatic heterocycles. The molecule has 0 aromatic carbocycles. The molecule has 3 nitrogen and oxygen atoms in total. The van der Waals surface area contributed by atoms with E-state index in [1.165, 1.54) is 38.5 Å². The van der Waals surface area contributed by atoms with E-state index in [4.69, 9.17) is 0 Å². The Morgan fingerprint density at radius 1 is 1.22 bits per heavy atom. The predicted molar refractivity (Wildman–Crippen MR) is 72.6 cm³/mol. The Labute approximate surface area is 111 Å². The van der Waals surface area contributed by atoms with Crippen molar-refractivity contribution in [2.24, 2.45) is 11.8 Å². The number of hydrogen-bond donors (Lipinski definition) is 1. The van der Waals surface area contributed by atoms with Gasteiger partial charge >= 0.3 is 5.97 Å². The molecule has 2 saturated carbocycles. The first-order chi connectivity index (χ1) is 8.46. The van der Waals surface area contributed by atoms with Crippen molar-refractivity contribution in [2.45, 2.75) is 70.9 Å². The van der Waals surface area contributed by atoms with Crippen LogP contribution >= 0.6 is 0 Å². The molecular formula is C15H27NO2. The van der Waals surface area contributed by atoms with Crippen LogP contribution < -0.4 is 0 Å². The van der Waals surface area contributed by atoms with Crippen LogP contribution in [-0.2, 0) is 4.79 Å².